The van der Waals surface area contributed by atoms with Gasteiger partial charge >= 0.3 is 0 Å². The Hall–Kier alpha value is -2.96. The Kier molecular flexibility index (Phi) is 4.03. The van der Waals surface area contributed by atoms with E-state index < -0.39 is 0 Å². The van der Waals surface area contributed by atoms with Crippen LogP contribution in [0, 0.1) is 12.8 Å². The van der Waals surface area contributed by atoms with Crippen molar-refractivity contribution in [3.05, 3.63) is 51.3 Å². The molecule has 0 saturated carbocycles. The van der Waals surface area contributed by atoms with E-state index in [4.69, 9.17) is 0 Å². The lowest BCUT2D eigenvalue weighted by Gasteiger charge is -2.21. The van der Waals surface area contributed by atoms with E-state index in [9.17, 15) is 9.59 Å². The highest BCUT2D eigenvalue weighted by Gasteiger charge is 2.27. The fourth-order valence-corrected chi connectivity index (χ4v) is 4.43. The van der Waals surface area contributed by atoms with Gasteiger partial charge in [-0.2, -0.15) is 5.10 Å². The first-order chi connectivity index (χ1) is 13.6. The van der Waals surface area contributed by atoms with Crippen LogP contribution in [0.1, 0.15) is 42.0 Å². The summed E-state index contributed by atoms with van der Waals surface area (Å²) >= 11 is 0. The number of anilines is 1. The Morgan fingerprint density at radius 3 is 3.07 bits per heavy atom. The van der Waals surface area contributed by atoms with Gasteiger partial charge in [-0.15, -0.1) is 0 Å². The van der Waals surface area contributed by atoms with Gasteiger partial charge in [-0.25, -0.2) is 4.98 Å². The predicted octanol–water partition coefficient (Wildman–Crippen LogP) is 2.51. The zero-order chi connectivity index (χ0) is 19.3. The zero-order valence-corrected chi connectivity index (χ0v) is 15.9. The highest BCUT2D eigenvalue weighted by Crippen LogP contribution is 2.27. The summed E-state index contributed by atoms with van der Waals surface area (Å²) in [5.41, 5.74) is 4.64. The number of nitrogens with one attached hydrogen (secondary N) is 2. The zero-order valence-electron chi connectivity index (χ0n) is 15.9. The number of carbonyl (C=O) groups is 1. The summed E-state index contributed by atoms with van der Waals surface area (Å²) in [4.78, 5) is 30.3. The number of nitrogens with zero attached hydrogens (tertiary/aromatic N) is 3. The highest BCUT2D eigenvalue weighted by atomic mass is 16.2. The largest absolute Gasteiger partial charge is 0.326 e. The number of aromatic amines is 1. The van der Waals surface area contributed by atoms with Crippen molar-refractivity contribution >= 4 is 22.5 Å². The van der Waals surface area contributed by atoms with Crippen molar-refractivity contribution in [2.24, 2.45) is 5.92 Å². The molecule has 1 aromatic carbocycles. The van der Waals surface area contributed by atoms with Crippen LogP contribution in [0.4, 0.5) is 5.69 Å². The van der Waals surface area contributed by atoms with E-state index in [1.807, 2.05) is 19.1 Å². The molecule has 1 unspecified atom stereocenters. The van der Waals surface area contributed by atoms with Gasteiger partial charge in [0, 0.05) is 30.3 Å². The predicted molar refractivity (Wildman–Crippen MR) is 106 cm³/mol. The number of rotatable bonds is 2. The van der Waals surface area contributed by atoms with Gasteiger partial charge in [0.15, 0.2) is 0 Å². The Balaban J connectivity index is 1.41. The van der Waals surface area contributed by atoms with Crippen LogP contribution in [0.5, 0.6) is 0 Å². The third-order valence-electron chi connectivity index (χ3n) is 6.04. The summed E-state index contributed by atoms with van der Waals surface area (Å²) in [6, 6.07) is 5.44. The second-order valence-corrected chi connectivity index (χ2v) is 7.88. The molecule has 3 heterocycles. The maximum absolute atomic E-state index is 12.9. The molecule has 1 aliphatic heterocycles. The number of hydrogen-bond acceptors (Lipinski definition) is 4. The number of carbonyl (C=O) groups excluding carboxylic acids is 1. The summed E-state index contributed by atoms with van der Waals surface area (Å²) in [5, 5.41) is 10.9. The summed E-state index contributed by atoms with van der Waals surface area (Å²) < 4.78 is 1.78. The fourth-order valence-electron chi connectivity index (χ4n) is 4.43. The topological polar surface area (TPSA) is 92.7 Å². The second kappa shape index (κ2) is 6.58. The first-order valence-corrected chi connectivity index (χ1v) is 9.97. The van der Waals surface area contributed by atoms with Gasteiger partial charge in [0.2, 0.25) is 5.91 Å². The van der Waals surface area contributed by atoms with E-state index in [0.717, 1.165) is 55.9 Å². The van der Waals surface area contributed by atoms with Gasteiger partial charge in [0.05, 0.1) is 16.6 Å². The van der Waals surface area contributed by atoms with Crippen molar-refractivity contribution < 1.29 is 4.79 Å². The molecule has 2 aromatic heterocycles. The van der Waals surface area contributed by atoms with Crippen LogP contribution in [0.25, 0.3) is 10.9 Å². The molecule has 1 amide bonds. The Bertz CT molecular complexity index is 1140. The molecular formula is C21H23N5O2. The number of aryl methyl sites for hydroxylation is 3. The quantitative estimate of drug-likeness (QED) is 0.718. The molecule has 3 aromatic rings. The van der Waals surface area contributed by atoms with Crippen molar-refractivity contribution in [3.63, 3.8) is 0 Å². The van der Waals surface area contributed by atoms with Crippen molar-refractivity contribution in [2.75, 3.05) is 5.32 Å². The number of amides is 1. The minimum atomic E-state index is -0.0812. The van der Waals surface area contributed by atoms with Crippen molar-refractivity contribution in [1.82, 2.24) is 19.7 Å². The maximum Gasteiger partial charge on any atom is 0.261 e. The normalized spacial score (nSPS) is 18.5. The SMILES string of the molecule is Cc1[nH]nc2c1CC(C(=O)Nc1ccc3nc4n(c(=O)c3c1)CCCC4)CC2. The van der Waals surface area contributed by atoms with Crippen LogP contribution >= 0.6 is 0 Å². The Labute approximate surface area is 162 Å². The van der Waals surface area contributed by atoms with E-state index >= 15 is 0 Å². The lowest BCUT2D eigenvalue weighted by Crippen LogP contribution is -2.29. The van der Waals surface area contributed by atoms with Crippen LogP contribution in [0.15, 0.2) is 23.0 Å². The van der Waals surface area contributed by atoms with Crippen molar-refractivity contribution in [2.45, 2.75) is 52.0 Å². The first-order valence-electron chi connectivity index (χ1n) is 9.97. The molecule has 7 nitrogen and oxygen atoms in total. The number of H-pyrrole nitrogens is 1. The third-order valence-corrected chi connectivity index (χ3v) is 6.04. The van der Waals surface area contributed by atoms with E-state index in [2.05, 4.69) is 20.5 Å². The van der Waals surface area contributed by atoms with Crippen LogP contribution in [-0.4, -0.2) is 25.7 Å². The number of fused-ring (bicyclic) bond motifs is 3. The molecule has 1 aliphatic carbocycles. The summed E-state index contributed by atoms with van der Waals surface area (Å²) in [6.07, 6.45) is 5.23. The molecule has 144 valence electrons. The van der Waals surface area contributed by atoms with Crippen LogP contribution in [-0.2, 0) is 30.6 Å². The van der Waals surface area contributed by atoms with Crippen LogP contribution in [0.2, 0.25) is 0 Å². The van der Waals surface area contributed by atoms with E-state index in [1.165, 1.54) is 5.56 Å². The van der Waals surface area contributed by atoms with Gasteiger partial charge in [0.25, 0.3) is 5.56 Å². The molecule has 2 N–H and O–H groups in total. The molecule has 0 fully saturated rings. The van der Waals surface area contributed by atoms with Gasteiger partial charge in [0.1, 0.15) is 5.82 Å². The Morgan fingerprint density at radius 1 is 1.29 bits per heavy atom. The number of hydrogen-bond donors (Lipinski definition) is 2. The van der Waals surface area contributed by atoms with Crippen LogP contribution < -0.4 is 10.9 Å². The van der Waals surface area contributed by atoms with Gasteiger partial charge in [-0.3, -0.25) is 19.3 Å². The van der Waals surface area contributed by atoms with E-state index in [0.29, 0.717) is 23.0 Å². The smallest absolute Gasteiger partial charge is 0.261 e. The lowest BCUT2D eigenvalue weighted by molar-refractivity contribution is -0.120. The van der Waals surface area contributed by atoms with Crippen molar-refractivity contribution in [1.29, 1.82) is 0 Å². The van der Waals surface area contributed by atoms with Gasteiger partial charge in [-0.1, -0.05) is 0 Å². The first kappa shape index (κ1) is 17.2. The average Bonchev–Trinajstić information content (AvgIpc) is 3.09. The summed E-state index contributed by atoms with van der Waals surface area (Å²) in [7, 11) is 0. The minimum Gasteiger partial charge on any atom is -0.326 e. The third kappa shape index (κ3) is 2.82. The van der Waals surface area contributed by atoms with Gasteiger partial charge in [-0.05, 0) is 62.8 Å². The van der Waals surface area contributed by atoms with Gasteiger partial charge < -0.3 is 5.32 Å². The molecule has 0 radical (unpaired) electrons. The molecule has 5 rings (SSSR count). The molecule has 0 spiro atoms. The highest BCUT2D eigenvalue weighted by molar-refractivity contribution is 5.95. The Morgan fingerprint density at radius 2 is 2.18 bits per heavy atom. The van der Waals surface area contributed by atoms with Crippen molar-refractivity contribution in [3.8, 4) is 0 Å². The molecule has 0 saturated heterocycles. The van der Waals surface area contributed by atoms with Crippen LogP contribution in [0.3, 0.4) is 0 Å². The molecule has 0 bridgehead atoms. The molecule has 28 heavy (non-hydrogen) atoms. The molecule has 2 aliphatic rings. The number of aromatic nitrogens is 4. The maximum atomic E-state index is 12.9. The number of benzene rings is 1. The van der Waals surface area contributed by atoms with E-state index in [-0.39, 0.29) is 17.4 Å². The summed E-state index contributed by atoms with van der Waals surface area (Å²) in [6.45, 7) is 2.72. The van der Waals surface area contributed by atoms with E-state index in [1.54, 1.807) is 10.6 Å². The summed E-state index contributed by atoms with van der Waals surface area (Å²) in [5.74, 6) is 0.785. The lowest BCUT2D eigenvalue weighted by atomic mass is 9.86. The molecule has 7 heteroatoms. The average molecular weight is 377 g/mol. The minimum absolute atomic E-state index is 0.00313. The molecular weight excluding hydrogens is 354 g/mol. The second-order valence-electron chi connectivity index (χ2n) is 7.88. The monoisotopic (exact) mass is 377 g/mol. The standard InChI is InChI=1S/C21H23N5O2/c1-12-15-10-13(5-7-18(15)25-24-12)20(27)22-14-6-8-17-16(11-14)21(28)26-9-3-2-4-19(26)23-17/h6,8,11,13H,2-5,7,9-10H2,1H3,(H,22,27)(H,24,25). The fraction of sp³-hybridized carbons (Fsp3) is 0.429. The molecule has 1 atom stereocenters.